The highest BCUT2D eigenvalue weighted by atomic mass is 35.5. The molecule has 2 aromatic heterocycles. The molecule has 5 heteroatoms. The van der Waals surface area contributed by atoms with E-state index in [0.29, 0.717) is 10.7 Å². The lowest BCUT2D eigenvalue weighted by Gasteiger charge is -2.02. The van der Waals surface area contributed by atoms with Gasteiger partial charge in [0.05, 0.1) is 16.1 Å². The summed E-state index contributed by atoms with van der Waals surface area (Å²) >= 11 is 7.40. The minimum Gasteiger partial charge on any atom is -0.286 e. The number of hydrogen-bond acceptors (Lipinski definition) is 3. The largest absolute Gasteiger partial charge is 0.286 e. The van der Waals surface area contributed by atoms with Gasteiger partial charge in [0, 0.05) is 7.05 Å². The molecule has 0 atom stereocenters. The quantitative estimate of drug-likeness (QED) is 0.790. The molecule has 2 rings (SSSR count). The smallest absolute Gasteiger partial charge is 0.222 e. The molecule has 0 saturated heterocycles. The van der Waals surface area contributed by atoms with E-state index in [1.54, 1.807) is 7.05 Å². The second-order valence-electron chi connectivity index (χ2n) is 3.42. The third-order valence-electron chi connectivity index (χ3n) is 2.44. The van der Waals surface area contributed by atoms with Gasteiger partial charge in [0.25, 0.3) is 0 Å². The maximum absolute atomic E-state index is 12.3. The molecule has 0 amide bonds. The van der Waals surface area contributed by atoms with Crippen LogP contribution in [0.3, 0.4) is 0 Å². The lowest BCUT2D eigenvalue weighted by Crippen LogP contribution is -2.09. The summed E-state index contributed by atoms with van der Waals surface area (Å²) in [5.74, 6) is -0.0446. The van der Waals surface area contributed by atoms with Crippen molar-refractivity contribution in [1.29, 1.82) is 0 Å². The predicted molar refractivity (Wildman–Crippen MR) is 65.3 cm³/mol. The summed E-state index contributed by atoms with van der Waals surface area (Å²) in [7, 11) is 1.72. The van der Waals surface area contributed by atoms with Crippen LogP contribution in [0.1, 0.15) is 27.9 Å². The van der Waals surface area contributed by atoms with Gasteiger partial charge in [-0.05, 0) is 23.4 Å². The fourth-order valence-electron chi connectivity index (χ4n) is 1.59. The second-order valence-corrected chi connectivity index (χ2v) is 4.75. The molecule has 2 heterocycles. The maximum Gasteiger partial charge on any atom is 0.222 e. The van der Waals surface area contributed by atoms with Crippen molar-refractivity contribution in [1.82, 2.24) is 9.78 Å². The zero-order valence-corrected chi connectivity index (χ0v) is 10.6. The topological polar surface area (TPSA) is 34.9 Å². The lowest BCUT2D eigenvalue weighted by molar-refractivity contribution is 0.103. The molecule has 2 aromatic rings. The van der Waals surface area contributed by atoms with Crippen LogP contribution in [0.2, 0.25) is 5.02 Å². The molecule has 0 unspecified atom stereocenters. The van der Waals surface area contributed by atoms with Crippen molar-refractivity contribution in [3.05, 3.63) is 38.8 Å². The minimum atomic E-state index is -0.0446. The highest BCUT2D eigenvalue weighted by molar-refractivity contribution is 7.12. The number of aryl methyl sites for hydroxylation is 2. The Hall–Kier alpha value is -1.13. The number of carbonyl (C=O) groups is 1. The first kappa shape index (κ1) is 11.4. The van der Waals surface area contributed by atoms with Crippen molar-refractivity contribution in [2.45, 2.75) is 13.3 Å². The summed E-state index contributed by atoms with van der Waals surface area (Å²) in [6, 6.07) is 1.97. The number of rotatable bonds is 3. The van der Waals surface area contributed by atoms with Gasteiger partial charge in [0.2, 0.25) is 5.78 Å². The number of halogens is 1. The van der Waals surface area contributed by atoms with Gasteiger partial charge in [-0.2, -0.15) is 5.10 Å². The highest BCUT2D eigenvalue weighted by Gasteiger charge is 2.20. The van der Waals surface area contributed by atoms with Gasteiger partial charge < -0.3 is 0 Å². The van der Waals surface area contributed by atoms with Gasteiger partial charge in [-0.25, -0.2) is 0 Å². The van der Waals surface area contributed by atoms with Crippen LogP contribution in [0.25, 0.3) is 0 Å². The Morgan fingerprint density at radius 1 is 1.62 bits per heavy atom. The van der Waals surface area contributed by atoms with Crippen LogP contribution in [0.4, 0.5) is 0 Å². The summed E-state index contributed by atoms with van der Waals surface area (Å²) in [5, 5.41) is 6.30. The van der Waals surface area contributed by atoms with Crippen molar-refractivity contribution in [3.8, 4) is 0 Å². The summed E-state index contributed by atoms with van der Waals surface area (Å²) in [5.41, 5.74) is 1.52. The molecule has 0 aliphatic rings. The monoisotopic (exact) mass is 254 g/mol. The molecule has 0 aliphatic carbocycles. The minimum absolute atomic E-state index is 0.0446. The molecule has 0 saturated carbocycles. The zero-order chi connectivity index (χ0) is 11.7. The lowest BCUT2D eigenvalue weighted by atomic mass is 10.1. The Bertz CT molecular complexity index is 510. The predicted octanol–water partition coefficient (Wildman–Crippen LogP) is 2.93. The fourth-order valence-corrected chi connectivity index (χ4v) is 2.77. The third kappa shape index (κ3) is 1.79. The molecular formula is C11H11ClN2OS. The maximum atomic E-state index is 12.3. The normalized spacial score (nSPS) is 10.7. The Labute approximate surface area is 103 Å². The molecule has 0 aromatic carbocycles. The van der Waals surface area contributed by atoms with Gasteiger partial charge >= 0.3 is 0 Å². The van der Waals surface area contributed by atoms with Crippen LogP contribution in [-0.2, 0) is 13.5 Å². The fraction of sp³-hybridized carbons (Fsp3) is 0.273. The number of hydrogen-bond donors (Lipinski definition) is 0. The number of carbonyl (C=O) groups excluding carboxylic acids is 1. The van der Waals surface area contributed by atoms with Crippen molar-refractivity contribution in [2.75, 3.05) is 0 Å². The van der Waals surface area contributed by atoms with Crippen LogP contribution in [0.5, 0.6) is 0 Å². The van der Waals surface area contributed by atoms with E-state index in [-0.39, 0.29) is 5.78 Å². The molecule has 16 heavy (non-hydrogen) atoms. The van der Waals surface area contributed by atoms with Crippen LogP contribution in [0.15, 0.2) is 17.6 Å². The average molecular weight is 255 g/mol. The molecule has 0 spiro atoms. The van der Waals surface area contributed by atoms with E-state index in [4.69, 9.17) is 11.6 Å². The SMILES string of the molecule is CCc1ccsc1C(=O)c1c(Cl)cnn1C. The number of nitrogens with zero attached hydrogens (tertiary/aromatic N) is 2. The molecule has 0 fully saturated rings. The van der Waals surface area contributed by atoms with Crippen LogP contribution >= 0.6 is 22.9 Å². The van der Waals surface area contributed by atoms with E-state index in [0.717, 1.165) is 16.9 Å². The van der Waals surface area contributed by atoms with E-state index in [9.17, 15) is 4.79 Å². The van der Waals surface area contributed by atoms with Crippen LogP contribution < -0.4 is 0 Å². The van der Waals surface area contributed by atoms with Gasteiger partial charge in [0.1, 0.15) is 5.69 Å². The van der Waals surface area contributed by atoms with Gasteiger partial charge in [0.15, 0.2) is 0 Å². The number of thiophene rings is 1. The van der Waals surface area contributed by atoms with Gasteiger partial charge in [-0.3, -0.25) is 9.48 Å². The average Bonchev–Trinajstić information content (AvgIpc) is 2.85. The molecule has 0 radical (unpaired) electrons. The van der Waals surface area contributed by atoms with Gasteiger partial charge in [-0.1, -0.05) is 18.5 Å². The van der Waals surface area contributed by atoms with Crippen molar-refractivity contribution < 1.29 is 4.79 Å². The first-order chi connectivity index (χ1) is 7.65. The van der Waals surface area contributed by atoms with Crippen molar-refractivity contribution in [2.24, 2.45) is 7.05 Å². The molecule has 0 bridgehead atoms. The summed E-state index contributed by atoms with van der Waals surface area (Å²) in [6.45, 7) is 2.03. The van der Waals surface area contributed by atoms with Crippen molar-refractivity contribution in [3.63, 3.8) is 0 Å². The third-order valence-corrected chi connectivity index (χ3v) is 3.68. The summed E-state index contributed by atoms with van der Waals surface area (Å²) in [6.07, 6.45) is 2.34. The molecule has 3 nitrogen and oxygen atoms in total. The zero-order valence-electron chi connectivity index (χ0n) is 9.03. The van der Waals surface area contributed by atoms with E-state index in [2.05, 4.69) is 5.10 Å². The molecule has 0 N–H and O–H groups in total. The summed E-state index contributed by atoms with van der Waals surface area (Å²) < 4.78 is 1.52. The van der Waals surface area contributed by atoms with E-state index < -0.39 is 0 Å². The Kier molecular flexibility index (Phi) is 3.12. The second kappa shape index (κ2) is 4.39. The van der Waals surface area contributed by atoms with E-state index in [1.165, 1.54) is 22.2 Å². The van der Waals surface area contributed by atoms with E-state index >= 15 is 0 Å². The van der Waals surface area contributed by atoms with Crippen molar-refractivity contribution >= 4 is 28.7 Å². The molecule has 0 aliphatic heterocycles. The first-order valence-corrected chi connectivity index (χ1v) is 6.19. The van der Waals surface area contributed by atoms with Gasteiger partial charge in [-0.15, -0.1) is 11.3 Å². The number of aromatic nitrogens is 2. The highest BCUT2D eigenvalue weighted by Crippen LogP contribution is 2.24. The Balaban J connectivity index is 2.47. The van der Waals surface area contributed by atoms with Crippen LogP contribution in [0, 0.1) is 0 Å². The molecular weight excluding hydrogens is 244 g/mol. The Morgan fingerprint density at radius 2 is 2.38 bits per heavy atom. The number of ketones is 1. The molecule has 84 valence electrons. The first-order valence-electron chi connectivity index (χ1n) is 4.93. The van der Waals surface area contributed by atoms with E-state index in [1.807, 2.05) is 18.4 Å². The van der Waals surface area contributed by atoms with Crippen LogP contribution in [-0.4, -0.2) is 15.6 Å². The Morgan fingerprint density at radius 3 is 2.94 bits per heavy atom. The summed E-state index contributed by atoms with van der Waals surface area (Å²) in [4.78, 5) is 13.0. The standard InChI is InChI=1S/C11H11ClN2OS/c1-3-7-4-5-16-11(7)10(15)9-8(12)6-13-14(9)2/h4-6H,3H2,1-2H3.